The van der Waals surface area contributed by atoms with Crippen molar-refractivity contribution in [3.63, 3.8) is 0 Å². The molecule has 0 bridgehead atoms. The van der Waals surface area contributed by atoms with Crippen molar-refractivity contribution in [2.24, 2.45) is 4.99 Å². The van der Waals surface area contributed by atoms with Crippen LogP contribution in [0.15, 0.2) is 59.2 Å². The third-order valence-electron chi connectivity index (χ3n) is 4.39. The number of aryl methyl sites for hydroxylation is 2. The summed E-state index contributed by atoms with van der Waals surface area (Å²) >= 11 is 0. The minimum absolute atomic E-state index is 0.832. The van der Waals surface area contributed by atoms with Crippen molar-refractivity contribution in [2.75, 3.05) is 12.4 Å². The molecule has 0 aliphatic carbocycles. The van der Waals surface area contributed by atoms with E-state index in [0.717, 1.165) is 54.2 Å². The average Bonchev–Trinajstić information content (AvgIpc) is 2.65. The number of nitrogens with zero attached hydrogens (tertiary/aromatic N) is 1. The first kappa shape index (κ1) is 20.8. The van der Waals surface area contributed by atoms with Gasteiger partial charge in [0.15, 0.2) is 0 Å². The van der Waals surface area contributed by atoms with E-state index < -0.39 is 0 Å². The fraction of sp³-hybridized carbons (Fsp3) is 0.375. The van der Waals surface area contributed by atoms with Gasteiger partial charge in [-0.3, -0.25) is 4.99 Å². The molecule has 0 saturated heterocycles. The van der Waals surface area contributed by atoms with Gasteiger partial charge in [0, 0.05) is 11.4 Å². The fourth-order valence-corrected chi connectivity index (χ4v) is 3.25. The minimum Gasteiger partial charge on any atom is -0.495 e. The number of methoxy groups -OCH3 is 1. The molecular weight excluding hydrogens is 332 g/mol. The second-order valence-electron chi connectivity index (χ2n) is 6.83. The Hall–Kier alpha value is -2.55. The highest BCUT2D eigenvalue weighted by Crippen LogP contribution is 2.28. The van der Waals surface area contributed by atoms with Gasteiger partial charge < -0.3 is 10.1 Å². The highest BCUT2D eigenvalue weighted by Gasteiger charge is 2.07. The lowest BCUT2D eigenvalue weighted by Crippen LogP contribution is -2.01. The van der Waals surface area contributed by atoms with Crippen LogP contribution in [0.25, 0.3) is 0 Å². The molecular formula is C24H32N2O. The summed E-state index contributed by atoms with van der Waals surface area (Å²) in [6, 6.07) is 14.5. The van der Waals surface area contributed by atoms with Crippen molar-refractivity contribution in [3.05, 3.63) is 65.4 Å². The van der Waals surface area contributed by atoms with E-state index >= 15 is 0 Å². The van der Waals surface area contributed by atoms with E-state index in [0.29, 0.717) is 0 Å². The Morgan fingerprint density at radius 1 is 0.963 bits per heavy atom. The predicted molar refractivity (Wildman–Crippen MR) is 118 cm³/mol. The van der Waals surface area contributed by atoms with E-state index in [1.807, 2.05) is 24.3 Å². The third kappa shape index (κ3) is 5.99. The zero-order chi connectivity index (χ0) is 19.6. The smallest absolute Gasteiger partial charge is 0.142 e. The molecule has 0 saturated carbocycles. The number of nitrogens with one attached hydrogen (secondary N) is 1. The zero-order valence-electron chi connectivity index (χ0n) is 17.3. The van der Waals surface area contributed by atoms with E-state index in [2.05, 4.69) is 57.3 Å². The Morgan fingerprint density at radius 2 is 1.59 bits per heavy atom. The van der Waals surface area contributed by atoms with E-state index in [9.17, 15) is 0 Å². The van der Waals surface area contributed by atoms with Crippen LogP contribution in [0, 0.1) is 0 Å². The molecule has 0 aliphatic rings. The SMILES string of the molecule is CCCc1cccc(CCC)c1N=C(C)/C=C(/C)Nc1ccccc1OC. The summed E-state index contributed by atoms with van der Waals surface area (Å²) in [7, 11) is 1.69. The first-order chi connectivity index (χ1) is 13.1. The Bertz CT molecular complexity index is 782. The Kier molecular flexibility index (Phi) is 8.12. The number of hydrogen-bond acceptors (Lipinski definition) is 3. The van der Waals surface area contributed by atoms with Crippen molar-refractivity contribution >= 4 is 17.1 Å². The molecule has 0 fully saturated rings. The molecule has 0 aromatic heterocycles. The van der Waals surface area contributed by atoms with Gasteiger partial charge in [0.1, 0.15) is 5.75 Å². The molecule has 2 rings (SSSR count). The summed E-state index contributed by atoms with van der Waals surface area (Å²) in [5, 5.41) is 3.41. The van der Waals surface area contributed by atoms with Gasteiger partial charge in [0.2, 0.25) is 0 Å². The fourth-order valence-electron chi connectivity index (χ4n) is 3.25. The van der Waals surface area contributed by atoms with Crippen molar-refractivity contribution in [1.82, 2.24) is 0 Å². The van der Waals surface area contributed by atoms with E-state index in [-0.39, 0.29) is 0 Å². The van der Waals surface area contributed by atoms with Gasteiger partial charge in [-0.1, -0.05) is 57.0 Å². The maximum Gasteiger partial charge on any atom is 0.142 e. The average molecular weight is 365 g/mol. The van der Waals surface area contributed by atoms with Gasteiger partial charge in [0.05, 0.1) is 18.5 Å². The second kappa shape index (κ2) is 10.6. The number of ether oxygens (including phenoxy) is 1. The van der Waals surface area contributed by atoms with Crippen LogP contribution in [0.5, 0.6) is 5.75 Å². The van der Waals surface area contributed by atoms with Crippen LogP contribution in [0.2, 0.25) is 0 Å². The van der Waals surface area contributed by atoms with Crippen molar-refractivity contribution < 1.29 is 4.74 Å². The third-order valence-corrected chi connectivity index (χ3v) is 4.39. The number of anilines is 1. The standard InChI is InChI=1S/C24H32N2O/c1-6-11-20-13-10-14-21(12-7-2)24(20)26-19(4)17-18(3)25-22-15-8-9-16-23(22)27-5/h8-10,13-17,25H,6-7,11-12H2,1-5H3/b18-17-,26-19?. The number of allylic oxidation sites excluding steroid dienone is 2. The summed E-state index contributed by atoms with van der Waals surface area (Å²) in [5.74, 6) is 0.832. The first-order valence-corrected chi connectivity index (χ1v) is 9.83. The predicted octanol–water partition coefficient (Wildman–Crippen LogP) is 6.71. The van der Waals surface area contributed by atoms with Crippen LogP contribution in [-0.4, -0.2) is 12.8 Å². The summed E-state index contributed by atoms with van der Waals surface area (Å²) in [6.07, 6.45) is 6.46. The maximum absolute atomic E-state index is 5.41. The molecule has 1 N–H and O–H groups in total. The van der Waals surface area contributed by atoms with Crippen molar-refractivity contribution in [1.29, 1.82) is 0 Å². The van der Waals surface area contributed by atoms with E-state index in [4.69, 9.17) is 9.73 Å². The van der Waals surface area contributed by atoms with Crippen LogP contribution in [0.3, 0.4) is 0 Å². The lowest BCUT2D eigenvalue weighted by atomic mass is 10.0. The van der Waals surface area contributed by atoms with Crippen LogP contribution in [0.4, 0.5) is 11.4 Å². The molecule has 3 heteroatoms. The second-order valence-corrected chi connectivity index (χ2v) is 6.83. The van der Waals surface area contributed by atoms with Gasteiger partial charge in [-0.05, 0) is 56.0 Å². The molecule has 0 aliphatic heterocycles. The van der Waals surface area contributed by atoms with Gasteiger partial charge in [-0.15, -0.1) is 0 Å². The maximum atomic E-state index is 5.41. The topological polar surface area (TPSA) is 33.6 Å². The molecule has 0 heterocycles. The summed E-state index contributed by atoms with van der Waals surface area (Å²) < 4.78 is 5.41. The number of para-hydroxylation sites is 3. The number of rotatable bonds is 9. The van der Waals surface area contributed by atoms with E-state index in [1.165, 1.54) is 11.1 Å². The van der Waals surface area contributed by atoms with Gasteiger partial charge >= 0.3 is 0 Å². The van der Waals surface area contributed by atoms with Crippen molar-refractivity contribution in [3.8, 4) is 5.75 Å². The monoisotopic (exact) mass is 364 g/mol. The minimum atomic E-state index is 0.832. The lowest BCUT2D eigenvalue weighted by molar-refractivity contribution is 0.416. The van der Waals surface area contributed by atoms with E-state index in [1.54, 1.807) is 7.11 Å². The molecule has 144 valence electrons. The van der Waals surface area contributed by atoms with Crippen LogP contribution < -0.4 is 10.1 Å². The summed E-state index contributed by atoms with van der Waals surface area (Å²) in [5.41, 5.74) is 6.82. The Labute approximate surface area is 164 Å². The van der Waals surface area contributed by atoms with Gasteiger partial charge in [-0.2, -0.15) is 0 Å². The highest BCUT2D eigenvalue weighted by atomic mass is 16.5. The van der Waals surface area contributed by atoms with Gasteiger partial charge in [-0.25, -0.2) is 0 Å². The number of hydrogen-bond donors (Lipinski definition) is 1. The molecule has 27 heavy (non-hydrogen) atoms. The van der Waals surface area contributed by atoms with Crippen LogP contribution in [-0.2, 0) is 12.8 Å². The molecule has 0 atom stereocenters. The normalized spacial score (nSPS) is 12.2. The number of benzene rings is 2. The summed E-state index contributed by atoms with van der Waals surface area (Å²) in [6.45, 7) is 8.55. The molecule has 0 amide bonds. The summed E-state index contributed by atoms with van der Waals surface area (Å²) in [4.78, 5) is 4.99. The van der Waals surface area contributed by atoms with Crippen LogP contribution in [0.1, 0.15) is 51.7 Å². The van der Waals surface area contributed by atoms with Crippen molar-refractivity contribution in [2.45, 2.75) is 53.4 Å². The zero-order valence-corrected chi connectivity index (χ0v) is 17.3. The lowest BCUT2D eigenvalue weighted by Gasteiger charge is -2.12. The van der Waals surface area contributed by atoms with Crippen LogP contribution >= 0.6 is 0 Å². The molecule has 2 aromatic carbocycles. The Balaban J connectivity index is 2.29. The van der Waals surface area contributed by atoms with Gasteiger partial charge in [0.25, 0.3) is 0 Å². The highest BCUT2D eigenvalue weighted by molar-refractivity contribution is 5.96. The molecule has 2 aromatic rings. The number of aliphatic imine (C=N–C) groups is 1. The largest absolute Gasteiger partial charge is 0.495 e. The Morgan fingerprint density at radius 3 is 2.19 bits per heavy atom. The first-order valence-electron chi connectivity index (χ1n) is 9.83. The quantitative estimate of drug-likeness (QED) is 0.502. The molecule has 3 nitrogen and oxygen atoms in total. The molecule has 0 unspecified atom stereocenters. The molecule has 0 radical (unpaired) electrons. The molecule has 0 spiro atoms.